The molecule has 4 N–H and O–H groups in total. The van der Waals surface area contributed by atoms with Gasteiger partial charge in [-0.25, -0.2) is 4.39 Å². The van der Waals surface area contributed by atoms with Gasteiger partial charge in [-0.2, -0.15) is 0 Å². The number of nitrogens with two attached hydrogens (primary N) is 1. The minimum absolute atomic E-state index is 0.137. The second-order valence-corrected chi connectivity index (χ2v) is 6.81. The normalized spacial score (nSPS) is 12.7. The Morgan fingerprint density at radius 1 is 0.929 bits per heavy atom. The van der Waals surface area contributed by atoms with E-state index >= 15 is 0 Å². The van der Waals surface area contributed by atoms with Crippen molar-refractivity contribution in [2.24, 2.45) is 5.73 Å². The first-order chi connectivity index (χ1) is 13.2. The van der Waals surface area contributed by atoms with Crippen molar-refractivity contribution < 1.29 is 18.8 Å². The first kappa shape index (κ1) is 21.4. The van der Waals surface area contributed by atoms with Gasteiger partial charge in [-0.1, -0.05) is 35.9 Å². The molecule has 0 unspecified atom stereocenters. The lowest BCUT2D eigenvalue weighted by molar-refractivity contribution is -0.130. The highest BCUT2D eigenvalue weighted by molar-refractivity contribution is 6.30. The summed E-state index contributed by atoms with van der Waals surface area (Å²) in [6, 6.07) is 10.5. The van der Waals surface area contributed by atoms with Crippen molar-refractivity contribution in [1.82, 2.24) is 10.6 Å². The lowest BCUT2D eigenvalue weighted by atomic mass is 10.0. The number of hydrogen-bond donors (Lipinski definition) is 3. The predicted octanol–water partition coefficient (Wildman–Crippen LogP) is 1.74. The lowest BCUT2D eigenvalue weighted by Gasteiger charge is -2.22. The van der Waals surface area contributed by atoms with E-state index in [-0.39, 0.29) is 12.8 Å². The maximum absolute atomic E-state index is 13.1. The summed E-state index contributed by atoms with van der Waals surface area (Å²) in [6.07, 6.45) is 0.319. The first-order valence-corrected chi connectivity index (χ1v) is 8.98. The molecule has 0 saturated heterocycles. The number of primary amides is 1. The fourth-order valence-electron chi connectivity index (χ4n) is 2.66. The van der Waals surface area contributed by atoms with Crippen molar-refractivity contribution in [3.63, 3.8) is 0 Å². The number of benzene rings is 2. The van der Waals surface area contributed by atoms with Crippen LogP contribution in [0.2, 0.25) is 5.02 Å². The molecule has 0 radical (unpaired) electrons. The van der Waals surface area contributed by atoms with Crippen LogP contribution in [0.15, 0.2) is 48.5 Å². The van der Waals surface area contributed by atoms with Gasteiger partial charge in [0.25, 0.3) is 0 Å². The second-order valence-electron chi connectivity index (χ2n) is 6.38. The summed E-state index contributed by atoms with van der Waals surface area (Å²) in [5.74, 6) is -2.07. The number of amides is 3. The van der Waals surface area contributed by atoms with Crippen LogP contribution >= 0.6 is 11.6 Å². The number of carbonyl (C=O) groups is 3. The highest BCUT2D eigenvalue weighted by Gasteiger charge is 2.25. The van der Waals surface area contributed by atoms with Gasteiger partial charge < -0.3 is 16.4 Å². The molecular weight excluding hydrogens is 385 g/mol. The third kappa shape index (κ3) is 6.66. The summed E-state index contributed by atoms with van der Waals surface area (Å²) < 4.78 is 13.1. The molecule has 6 nitrogen and oxygen atoms in total. The maximum Gasteiger partial charge on any atom is 0.243 e. The van der Waals surface area contributed by atoms with Crippen molar-refractivity contribution in [1.29, 1.82) is 0 Å². The van der Waals surface area contributed by atoms with Crippen molar-refractivity contribution in [2.45, 2.75) is 31.8 Å². The molecule has 0 aliphatic carbocycles. The number of rotatable bonds is 8. The van der Waals surface area contributed by atoms with Gasteiger partial charge in [-0.3, -0.25) is 14.4 Å². The van der Waals surface area contributed by atoms with Crippen LogP contribution in [-0.4, -0.2) is 29.8 Å². The fourth-order valence-corrected chi connectivity index (χ4v) is 2.79. The SMILES string of the molecule is CC(=O)N[C@@H](Cc1ccc(F)cc1)C(=O)N[C@@H](Cc1ccc(Cl)cc1)C(N)=O. The Morgan fingerprint density at radius 3 is 1.93 bits per heavy atom. The third-order valence-electron chi connectivity index (χ3n) is 4.06. The van der Waals surface area contributed by atoms with E-state index in [1.807, 2.05) is 0 Å². The zero-order valence-electron chi connectivity index (χ0n) is 15.2. The largest absolute Gasteiger partial charge is 0.368 e. The molecule has 2 rings (SSSR count). The standard InChI is InChI=1S/C20H21ClFN3O3/c1-12(26)24-18(11-14-4-8-16(22)9-5-14)20(28)25-17(19(23)27)10-13-2-6-15(21)7-3-13/h2-9,17-18H,10-11H2,1H3,(H2,23,27)(H,24,26)(H,25,28)/t17-,18-/m0/s1. The van der Waals surface area contributed by atoms with Gasteiger partial charge in [0.2, 0.25) is 17.7 Å². The Morgan fingerprint density at radius 2 is 1.43 bits per heavy atom. The Labute approximate surface area is 167 Å². The number of hydrogen-bond acceptors (Lipinski definition) is 3. The van der Waals surface area contributed by atoms with Gasteiger partial charge >= 0.3 is 0 Å². The summed E-state index contributed by atoms with van der Waals surface area (Å²) in [6.45, 7) is 1.28. The van der Waals surface area contributed by atoms with Gasteiger partial charge in [-0.05, 0) is 35.4 Å². The highest BCUT2D eigenvalue weighted by atomic mass is 35.5. The van der Waals surface area contributed by atoms with Crippen LogP contribution in [0, 0.1) is 5.82 Å². The molecule has 0 heterocycles. The summed E-state index contributed by atoms with van der Waals surface area (Å²) in [4.78, 5) is 36.0. The van der Waals surface area contributed by atoms with E-state index in [1.165, 1.54) is 31.2 Å². The molecule has 8 heteroatoms. The maximum atomic E-state index is 13.1. The quantitative estimate of drug-likeness (QED) is 0.623. The van der Waals surface area contributed by atoms with Crippen LogP contribution in [0.4, 0.5) is 4.39 Å². The van der Waals surface area contributed by atoms with Gasteiger partial charge in [0.15, 0.2) is 0 Å². The average molecular weight is 406 g/mol. The molecule has 2 aromatic rings. The zero-order valence-corrected chi connectivity index (χ0v) is 16.0. The minimum atomic E-state index is -0.960. The molecule has 28 heavy (non-hydrogen) atoms. The van der Waals surface area contributed by atoms with E-state index in [9.17, 15) is 18.8 Å². The molecular formula is C20H21ClFN3O3. The van der Waals surface area contributed by atoms with Crippen molar-refractivity contribution in [3.05, 3.63) is 70.5 Å². The highest BCUT2D eigenvalue weighted by Crippen LogP contribution is 2.12. The molecule has 2 atom stereocenters. The predicted molar refractivity (Wildman–Crippen MR) is 104 cm³/mol. The van der Waals surface area contributed by atoms with Gasteiger partial charge in [0, 0.05) is 24.8 Å². The first-order valence-electron chi connectivity index (χ1n) is 8.60. The number of nitrogens with one attached hydrogen (secondary N) is 2. The van der Waals surface area contributed by atoms with Crippen molar-refractivity contribution in [2.75, 3.05) is 0 Å². The summed E-state index contributed by atoms with van der Waals surface area (Å²) >= 11 is 5.85. The molecule has 2 aromatic carbocycles. The molecule has 0 aliphatic heterocycles. The van der Waals surface area contributed by atoms with Gasteiger partial charge in [0.1, 0.15) is 17.9 Å². The zero-order chi connectivity index (χ0) is 20.7. The number of carbonyl (C=O) groups excluding carboxylic acids is 3. The molecule has 3 amide bonds. The Bertz CT molecular complexity index is 841. The molecule has 0 spiro atoms. The van der Waals surface area contributed by atoms with Crippen LogP contribution in [0.1, 0.15) is 18.1 Å². The molecule has 0 saturated carbocycles. The topological polar surface area (TPSA) is 101 Å². The van der Waals surface area contributed by atoms with Crippen LogP contribution in [0.25, 0.3) is 0 Å². The van der Waals surface area contributed by atoms with E-state index in [0.717, 1.165) is 5.56 Å². The van der Waals surface area contributed by atoms with Crippen LogP contribution < -0.4 is 16.4 Å². The Hall–Kier alpha value is -2.93. The second kappa shape index (κ2) is 9.85. The molecule has 148 valence electrons. The van der Waals surface area contributed by atoms with Crippen molar-refractivity contribution >= 4 is 29.3 Å². The molecule has 0 fully saturated rings. The van der Waals surface area contributed by atoms with E-state index in [1.54, 1.807) is 24.3 Å². The average Bonchev–Trinajstić information content (AvgIpc) is 2.63. The monoisotopic (exact) mass is 405 g/mol. The Kier molecular flexibility index (Phi) is 7.52. The van der Waals surface area contributed by atoms with Crippen LogP contribution in [0.3, 0.4) is 0 Å². The van der Waals surface area contributed by atoms with E-state index in [0.29, 0.717) is 10.6 Å². The lowest BCUT2D eigenvalue weighted by Crippen LogP contribution is -2.54. The van der Waals surface area contributed by atoms with E-state index in [4.69, 9.17) is 17.3 Å². The summed E-state index contributed by atoms with van der Waals surface area (Å²) in [7, 11) is 0. The molecule has 0 aromatic heterocycles. The summed E-state index contributed by atoms with van der Waals surface area (Å²) in [5, 5.41) is 5.67. The molecule has 0 aliphatic rings. The molecule has 0 bridgehead atoms. The van der Waals surface area contributed by atoms with Gasteiger partial charge in [-0.15, -0.1) is 0 Å². The smallest absolute Gasteiger partial charge is 0.243 e. The van der Waals surface area contributed by atoms with E-state index in [2.05, 4.69) is 10.6 Å². The van der Waals surface area contributed by atoms with Crippen LogP contribution in [-0.2, 0) is 27.2 Å². The summed E-state index contributed by atoms with van der Waals surface area (Å²) in [5.41, 5.74) is 6.85. The fraction of sp³-hybridized carbons (Fsp3) is 0.250. The van der Waals surface area contributed by atoms with Crippen LogP contribution in [0.5, 0.6) is 0 Å². The van der Waals surface area contributed by atoms with Gasteiger partial charge in [0.05, 0.1) is 0 Å². The Balaban J connectivity index is 2.11. The minimum Gasteiger partial charge on any atom is -0.368 e. The number of halogens is 2. The van der Waals surface area contributed by atoms with E-state index < -0.39 is 35.6 Å². The van der Waals surface area contributed by atoms with Crippen molar-refractivity contribution in [3.8, 4) is 0 Å². The third-order valence-corrected chi connectivity index (χ3v) is 4.31.